The van der Waals surface area contributed by atoms with Crippen LogP contribution in [-0.4, -0.2) is 26.1 Å². The zero-order chi connectivity index (χ0) is 14.8. The van der Waals surface area contributed by atoms with Gasteiger partial charge >= 0.3 is 5.97 Å². The fourth-order valence-electron chi connectivity index (χ4n) is 2.05. The highest BCUT2D eigenvalue weighted by Crippen LogP contribution is 2.25. The third-order valence-corrected chi connectivity index (χ3v) is 3.09. The third kappa shape index (κ3) is 2.34. The van der Waals surface area contributed by atoms with Gasteiger partial charge in [-0.2, -0.15) is 4.68 Å². The van der Waals surface area contributed by atoms with Gasteiger partial charge in [0.05, 0.1) is 11.3 Å². The van der Waals surface area contributed by atoms with Crippen LogP contribution in [0.15, 0.2) is 54.6 Å². The molecule has 0 amide bonds. The minimum absolute atomic E-state index is 0.170. The van der Waals surface area contributed by atoms with Crippen molar-refractivity contribution in [3.8, 4) is 16.9 Å². The Kier molecular flexibility index (Phi) is 3.12. The van der Waals surface area contributed by atoms with Crippen molar-refractivity contribution in [2.45, 2.75) is 0 Å². The van der Waals surface area contributed by atoms with Crippen molar-refractivity contribution < 1.29 is 9.90 Å². The molecule has 0 bridgehead atoms. The number of hydrogen-bond donors (Lipinski definition) is 2. The van der Waals surface area contributed by atoms with Crippen LogP contribution in [0.2, 0.25) is 0 Å². The summed E-state index contributed by atoms with van der Waals surface area (Å²) in [6, 6.07) is 15.8. The van der Waals surface area contributed by atoms with Crippen LogP contribution in [-0.2, 0) is 0 Å². The van der Waals surface area contributed by atoms with E-state index in [1.165, 1.54) is 16.8 Å². The van der Waals surface area contributed by atoms with Gasteiger partial charge in [-0.15, -0.1) is 5.10 Å². The molecule has 0 saturated heterocycles. The normalized spacial score (nSPS) is 10.5. The lowest BCUT2D eigenvalue weighted by Gasteiger charge is -2.04. The highest BCUT2D eigenvalue weighted by molar-refractivity contribution is 5.88. The molecular formula is C15H12N4O2. The van der Waals surface area contributed by atoms with Crippen molar-refractivity contribution in [1.82, 2.24) is 15.0 Å². The van der Waals surface area contributed by atoms with E-state index in [9.17, 15) is 4.79 Å². The fourth-order valence-corrected chi connectivity index (χ4v) is 2.05. The van der Waals surface area contributed by atoms with E-state index >= 15 is 0 Å². The van der Waals surface area contributed by atoms with Gasteiger partial charge in [0.25, 0.3) is 0 Å². The van der Waals surface area contributed by atoms with Crippen molar-refractivity contribution in [2.75, 3.05) is 5.73 Å². The van der Waals surface area contributed by atoms with Crippen LogP contribution < -0.4 is 5.73 Å². The molecule has 6 nitrogen and oxygen atoms in total. The monoisotopic (exact) mass is 280 g/mol. The molecule has 3 aromatic rings. The quantitative estimate of drug-likeness (QED) is 0.767. The smallest absolute Gasteiger partial charge is 0.335 e. The summed E-state index contributed by atoms with van der Waals surface area (Å²) in [6.45, 7) is 0. The first-order chi connectivity index (χ1) is 10.2. The molecule has 0 atom stereocenters. The maximum absolute atomic E-state index is 11.0. The Balaban J connectivity index is 2.07. The van der Waals surface area contributed by atoms with Crippen molar-refractivity contribution in [3.63, 3.8) is 0 Å². The molecule has 0 fully saturated rings. The fraction of sp³-hybridized carbons (Fsp3) is 0. The molecule has 1 aromatic heterocycles. The van der Waals surface area contributed by atoms with E-state index in [0.29, 0.717) is 17.2 Å². The van der Waals surface area contributed by atoms with E-state index in [0.717, 1.165) is 5.56 Å². The summed E-state index contributed by atoms with van der Waals surface area (Å²) in [5, 5.41) is 17.1. The van der Waals surface area contributed by atoms with Crippen LogP contribution in [0.3, 0.4) is 0 Å². The number of nitrogens with two attached hydrogens (primary N) is 1. The Morgan fingerprint density at radius 3 is 2.57 bits per heavy atom. The van der Waals surface area contributed by atoms with Crippen molar-refractivity contribution in [3.05, 3.63) is 60.2 Å². The average Bonchev–Trinajstić information content (AvgIpc) is 2.90. The van der Waals surface area contributed by atoms with Crippen LogP contribution in [0, 0.1) is 0 Å². The van der Waals surface area contributed by atoms with E-state index in [2.05, 4.69) is 10.3 Å². The number of carbonyl (C=O) groups is 1. The number of nitrogen functional groups attached to an aromatic ring is 1. The number of hydrogen-bond acceptors (Lipinski definition) is 4. The van der Waals surface area contributed by atoms with Gasteiger partial charge in [-0.1, -0.05) is 41.6 Å². The zero-order valence-corrected chi connectivity index (χ0v) is 11.0. The third-order valence-electron chi connectivity index (χ3n) is 3.09. The molecule has 0 spiro atoms. The van der Waals surface area contributed by atoms with Gasteiger partial charge < -0.3 is 10.8 Å². The second kappa shape index (κ2) is 5.09. The second-order valence-electron chi connectivity index (χ2n) is 4.46. The Bertz CT molecular complexity index is 796. The lowest BCUT2D eigenvalue weighted by molar-refractivity contribution is 0.0697. The number of benzene rings is 2. The summed E-state index contributed by atoms with van der Waals surface area (Å²) in [5.74, 6) is -0.637. The molecule has 21 heavy (non-hydrogen) atoms. The van der Waals surface area contributed by atoms with Gasteiger partial charge in [0.2, 0.25) is 0 Å². The highest BCUT2D eigenvalue weighted by atomic mass is 16.4. The number of carboxylic acids is 1. The Morgan fingerprint density at radius 1 is 1.10 bits per heavy atom. The number of carboxylic acid groups (broad SMARTS) is 1. The molecule has 0 aliphatic rings. The Labute approximate surface area is 120 Å². The van der Waals surface area contributed by atoms with Gasteiger partial charge in [-0.05, 0) is 18.2 Å². The predicted molar refractivity (Wildman–Crippen MR) is 78.2 cm³/mol. The lowest BCUT2D eigenvalue weighted by Crippen LogP contribution is -2.04. The van der Waals surface area contributed by atoms with E-state index < -0.39 is 5.97 Å². The first-order valence-electron chi connectivity index (χ1n) is 6.27. The van der Waals surface area contributed by atoms with E-state index in [-0.39, 0.29) is 5.56 Å². The molecule has 6 heteroatoms. The summed E-state index contributed by atoms with van der Waals surface area (Å²) >= 11 is 0. The predicted octanol–water partition coefficient (Wildman–Crippen LogP) is 2.21. The molecule has 0 radical (unpaired) electrons. The average molecular weight is 280 g/mol. The topological polar surface area (TPSA) is 94.0 Å². The van der Waals surface area contributed by atoms with Gasteiger partial charge in [0.15, 0.2) is 5.82 Å². The number of aromatic nitrogens is 3. The SMILES string of the molecule is Nc1c(-c2ccccc2)nnn1-c1cccc(C(=O)O)c1. The van der Waals surface area contributed by atoms with Crippen LogP contribution in [0.5, 0.6) is 0 Å². The van der Waals surface area contributed by atoms with Crippen LogP contribution >= 0.6 is 0 Å². The summed E-state index contributed by atoms with van der Waals surface area (Å²) in [6.07, 6.45) is 0. The minimum Gasteiger partial charge on any atom is -0.478 e. The standard InChI is InChI=1S/C15H12N4O2/c16-14-13(10-5-2-1-3-6-10)17-18-19(14)12-8-4-7-11(9-12)15(20)21/h1-9H,16H2,(H,20,21). The van der Waals surface area contributed by atoms with Crippen molar-refractivity contribution in [1.29, 1.82) is 0 Å². The number of rotatable bonds is 3. The van der Waals surface area contributed by atoms with Crippen LogP contribution in [0.1, 0.15) is 10.4 Å². The molecular weight excluding hydrogens is 268 g/mol. The molecule has 3 rings (SSSR count). The van der Waals surface area contributed by atoms with E-state index in [1.807, 2.05) is 30.3 Å². The number of aromatic carboxylic acids is 1. The number of anilines is 1. The second-order valence-corrected chi connectivity index (χ2v) is 4.46. The first-order valence-corrected chi connectivity index (χ1v) is 6.27. The van der Waals surface area contributed by atoms with Gasteiger partial charge in [0.1, 0.15) is 5.69 Å². The first kappa shape index (κ1) is 12.9. The molecule has 0 aliphatic carbocycles. The largest absolute Gasteiger partial charge is 0.478 e. The Hall–Kier alpha value is -3.15. The van der Waals surface area contributed by atoms with Gasteiger partial charge in [0, 0.05) is 5.56 Å². The summed E-state index contributed by atoms with van der Waals surface area (Å²) < 4.78 is 1.43. The summed E-state index contributed by atoms with van der Waals surface area (Å²) in [5.41, 5.74) is 8.23. The van der Waals surface area contributed by atoms with E-state index in [4.69, 9.17) is 10.8 Å². The molecule has 104 valence electrons. The van der Waals surface area contributed by atoms with Crippen LogP contribution in [0.4, 0.5) is 5.82 Å². The maximum Gasteiger partial charge on any atom is 0.335 e. The number of nitrogens with zero attached hydrogens (tertiary/aromatic N) is 3. The summed E-state index contributed by atoms with van der Waals surface area (Å²) in [4.78, 5) is 11.0. The zero-order valence-electron chi connectivity index (χ0n) is 11.0. The molecule has 3 N–H and O–H groups in total. The van der Waals surface area contributed by atoms with E-state index in [1.54, 1.807) is 12.1 Å². The minimum atomic E-state index is -1.00. The summed E-state index contributed by atoms with van der Waals surface area (Å²) in [7, 11) is 0. The molecule has 2 aromatic carbocycles. The maximum atomic E-state index is 11.0. The molecule has 0 unspecified atom stereocenters. The molecule has 0 aliphatic heterocycles. The molecule has 0 saturated carbocycles. The van der Waals surface area contributed by atoms with Gasteiger partial charge in [-0.25, -0.2) is 4.79 Å². The Morgan fingerprint density at radius 2 is 1.86 bits per heavy atom. The highest BCUT2D eigenvalue weighted by Gasteiger charge is 2.13. The van der Waals surface area contributed by atoms with Crippen molar-refractivity contribution >= 4 is 11.8 Å². The molecule has 1 heterocycles. The van der Waals surface area contributed by atoms with Crippen molar-refractivity contribution in [2.24, 2.45) is 0 Å². The van der Waals surface area contributed by atoms with Gasteiger partial charge in [-0.3, -0.25) is 0 Å². The van der Waals surface area contributed by atoms with Crippen LogP contribution in [0.25, 0.3) is 16.9 Å². The lowest BCUT2D eigenvalue weighted by atomic mass is 10.1.